The molecule has 0 radical (unpaired) electrons. The zero-order valence-electron chi connectivity index (χ0n) is 15.0. The van der Waals surface area contributed by atoms with Crippen LogP contribution in [0.1, 0.15) is 37.2 Å². The largest absolute Gasteiger partial charge is 0.497 e. The van der Waals surface area contributed by atoms with E-state index < -0.39 is 0 Å². The Balaban J connectivity index is 1.72. The topological polar surface area (TPSA) is 74.4 Å². The lowest BCUT2D eigenvalue weighted by Crippen LogP contribution is -2.50. The van der Waals surface area contributed by atoms with Gasteiger partial charge in [-0.25, -0.2) is 0 Å². The minimum Gasteiger partial charge on any atom is -0.497 e. The Kier molecular flexibility index (Phi) is 4.97. The molecular formula is C19H25N3O3. The van der Waals surface area contributed by atoms with Crippen molar-refractivity contribution >= 4 is 22.7 Å². The number of carbonyl (C=O) groups excluding carboxylic acids is 2. The monoisotopic (exact) mass is 343 g/mol. The molecule has 2 heterocycles. The second-order valence-corrected chi connectivity index (χ2v) is 6.89. The summed E-state index contributed by atoms with van der Waals surface area (Å²) in [5, 5.41) is 3.99. The molecule has 6 nitrogen and oxygen atoms in total. The molecule has 1 aromatic carbocycles. The number of rotatable bonds is 4. The van der Waals surface area contributed by atoms with Crippen LogP contribution in [0.25, 0.3) is 10.9 Å². The fraction of sp³-hybridized carbons (Fsp3) is 0.474. The molecule has 1 aromatic heterocycles. The summed E-state index contributed by atoms with van der Waals surface area (Å²) in [5.41, 5.74) is 1.48. The highest BCUT2D eigenvalue weighted by atomic mass is 16.5. The van der Waals surface area contributed by atoms with Gasteiger partial charge in [-0.2, -0.15) is 0 Å². The summed E-state index contributed by atoms with van der Waals surface area (Å²) >= 11 is 0. The van der Waals surface area contributed by atoms with E-state index in [0.29, 0.717) is 18.8 Å². The second kappa shape index (κ2) is 7.17. The average molecular weight is 343 g/mol. The molecule has 134 valence electrons. The van der Waals surface area contributed by atoms with Crippen LogP contribution in [0, 0.1) is 5.92 Å². The highest BCUT2D eigenvalue weighted by molar-refractivity contribution is 5.98. The highest BCUT2D eigenvalue weighted by Crippen LogP contribution is 2.23. The van der Waals surface area contributed by atoms with Gasteiger partial charge in [0.25, 0.3) is 5.91 Å². The van der Waals surface area contributed by atoms with Crippen molar-refractivity contribution in [2.24, 2.45) is 5.92 Å². The molecule has 1 atom stereocenters. The van der Waals surface area contributed by atoms with Crippen molar-refractivity contribution in [3.05, 3.63) is 30.0 Å². The fourth-order valence-corrected chi connectivity index (χ4v) is 3.17. The number of amides is 2. The number of methoxy groups -OCH3 is 1. The molecular weight excluding hydrogens is 318 g/mol. The number of likely N-dealkylation sites (tertiary alicyclic amines) is 1. The number of carbonyl (C=O) groups is 2. The smallest absolute Gasteiger partial charge is 0.270 e. The zero-order valence-corrected chi connectivity index (χ0v) is 15.0. The molecule has 25 heavy (non-hydrogen) atoms. The van der Waals surface area contributed by atoms with Crippen LogP contribution in [0.15, 0.2) is 24.3 Å². The number of nitrogens with one attached hydrogen (secondary N) is 2. The second-order valence-electron chi connectivity index (χ2n) is 6.89. The Morgan fingerprint density at radius 3 is 2.84 bits per heavy atom. The van der Waals surface area contributed by atoms with Gasteiger partial charge in [0, 0.05) is 36.0 Å². The summed E-state index contributed by atoms with van der Waals surface area (Å²) in [7, 11) is 1.62. The lowest BCUT2D eigenvalue weighted by molar-refractivity contribution is -0.125. The van der Waals surface area contributed by atoms with Crippen molar-refractivity contribution in [3.63, 3.8) is 0 Å². The van der Waals surface area contributed by atoms with Gasteiger partial charge in [-0.1, -0.05) is 13.8 Å². The maximum absolute atomic E-state index is 12.8. The number of fused-ring (bicyclic) bond motifs is 1. The van der Waals surface area contributed by atoms with E-state index in [1.165, 1.54) is 0 Å². The zero-order chi connectivity index (χ0) is 18.0. The minimum atomic E-state index is -0.0465. The summed E-state index contributed by atoms with van der Waals surface area (Å²) in [6, 6.07) is 7.57. The van der Waals surface area contributed by atoms with Crippen molar-refractivity contribution in [1.29, 1.82) is 0 Å². The van der Waals surface area contributed by atoms with Crippen LogP contribution in [0.2, 0.25) is 0 Å². The first-order valence-electron chi connectivity index (χ1n) is 8.74. The first-order chi connectivity index (χ1) is 12.0. The van der Waals surface area contributed by atoms with Gasteiger partial charge in [-0.05, 0) is 37.1 Å². The van der Waals surface area contributed by atoms with E-state index in [2.05, 4.69) is 10.3 Å². The lowest BCUT2D eigenvalue weighted by Gasteiger charge is -2.33. The molecule has 1 unspecified atom stereocenters. The molecule has 2 aromatic rings. The molecule has 2 amide bonds. The van der Waals surface area contributed by atoms with Crippen LogP contribution in [0.3, 0.4) is 0 Å². The first kappa shape index (κ1) is 17.3. The fourth-order valence-electron chi connectivity index (χ4n) is 3.17. The van der Waals surface area contributed by atoms with Crippen LogP contribution in [-0.4, -0.2) is 47.9 Å². The van der Waals surface area contributed by atoms with Gasteiger partial charge in [0.1, 0.15) is 11.4 Å². The maximum atomic E-state index is 12.8. The van der Waals surface area contributed by atoms with Crippen LogP contribution < -0.4 is 10.1 Å². The van der Waals surface area contributed by atoms with Crippen molar-refractivity contribution in [2.75, 3.05) is 20.2 Å². The lowest BCUT2D eigenvalue weighted by atomic mass is 10.0. The number of nitrogens with zero attached hydrogens (tertiary/aromatic N) is 1. The van der Waals surface area contributed by atoms with Gasteiger partial charge in [0.2, 0.25) is 5.91 Å². The predicted molar refractivity (Wildman–Crippen MR) is 96.8 cm³/mol. The van der Waals surface area contributed by atoms with Gasteiger partial charge < -0.3 is 19.9 Å². The van der Waals surface area contributed by atoms with Crippen molar-refractivity contribution in [3.8, 4) is 5.75 Å². The summed E-state index contributed by atoms with van der Waals surface area (Å²) in [6.07, 6.45) is 1.80. The summed E-state index contributed by atoms with van der Waals surface area (Å²) < 4.78 is 5.23. The minimum absolute atomic E-state index is 0.0251. The number of hydrogen-bond acceptors (Lipinski definition) is 3. The average Bonchev–Trinajstić information content (AvgIpc) is 3.04. The van der Waals surface area contributed by atoms with Gasteiger partial charge in [-0.15, -0.1) is 0 Å². The van der Waals surface area contributed by atoms with E-state index in [1.807, 2.05) is 43.0 Å². The highest BCUT2D eigenvalue weighted by Gasteiger charge is 2.26. The van der Waals surface area contributed by atoms with Crippen molar-refractivity contribution < 1.29 is 14.3 Å². The van der Waals surface area contributed by atoms with E-state index in [1.54, 1.807) is 7.11 Å². The number of benzene rings is 1. The number of aromatic nitrogens is 1. The Labute approximate surface area is 147 Å². The van der Waals surface area contributed by atoms with Crippen LogP contribution in [0.5, 0.6) is 5.75 Å². The van der Waals surface area contributed by atoms with Gasteiger partial charge in [0.05, 0.1) is 7.11 Å². The third kappa shape index (κ3) is 3.78. The third-order valence-electron chi connectivity index (χ3n) is 4.64. The summed E-state index contributed by atoms with van der Waals surface area (Å²) in [6.45, 7) is 5.02. The maximum Gasteiger partial charge on any atom is 0.270 e. The SMILES string of the molecule is COc1ccc2[nH]c(C(=O)N3CCCC(NC(=O)C(C)C)C3)cc2c1. The van der Waals surface area contributed by atoms with Crippen LogP contribution in [-0.2, 0) is 4.79 Å². The summed E-state index contributed by atoms with van der Waals surface area (Å²) in [4.78, 5) is 29.7. The predicted octanol–water partition coefficient (Wildman–Crippen LogP) is 2.55. The van der Waals surface area contributed by atoms with Crippen molar-refractivity contribution in [1.82, 2.24) is 15.2 Å². The van der Waals surface area contributed by atoms with Crippen LogP contribution >= 0.6 is 0 Å². The molecule has 0 bridgehead atoms. The molecule has 0 spiro atoms. The van der Waals surface area contributed by atoms with Gasteiger partial charge in [-0.3, -0.25) is 9.59 Å². The Morgan fingerprint density at radius 2 is 2.12 bits per heavy atom. The van der Waals surface area contributed by atoms with Crippen molar-refractivity contribution in [2.45, 2.75) is 32.7 Å². The Morgan fingerprint density at radius 1 is 1.32 bits per heavy atom. The van der Waals surface area contributed by atoms with E-state index in [-0.39, 0.29) is 23.8 Å². The standard InChI is InChI=1S/C19H25N3O3/c1-12(2)18(23)20-14-5-4-8-22(11-14)19(24)17-10-13-9-15(25-3)6-7-16(13)21-17/h6-7,9-10,12,14,21H,4-5,8,11H2,1-3H3,(H,20,23). The molecule has 1 aliphatic rings. The Bertz CT molecular complexity index is 781. The summed E-state index contributed by atoms with van der Waals surface area (Å²) in [5.74, 6) is 0.727. The van der Waals surface area contributed by atoms with E-state index in [9.17, 15) is 9.59 Å². The molecule has 6 heteroatoms. The van der Waals surface area contributed by atoms with E-state index >= 15 is 0 Å². The quantitative estimate of drug-likeness (QED) is 0.896. The van der Waals surface area contributed by atoms with E-state index in [0.717, 1.165) is 29.5 Å². The number of H-pyrrole nitrogens is 1. The number of ether oxygens (including phenoxy) is 1. The molecule has 1 fully saturated rings. The number of aromatic amines is 1. The number of piperidine rings is 1. The first-order valence-corrected chi connectivity index (χ1v) is 8.74. The Hall–Kier alpha value is -2.50. The number of hydrogen-bond donors (Lipinski definition) is 2. The normalized spacial score (nSPS) is 17.8. The van der Waals surface area contributed by atoms with Gasteiger partial charge in [0.15, 0.2) is 0 Å². The molecule has 0 saturated carbocycles. The molecule has 3 rings (SSSR count). The van der Waals surface area contributed by atoms with Crippen LogP contribution in [0.4, 0.5) is 0 Å². The molecule has 1 aliphatic heterocycles. The third-order valence-corrected chi connectivity index (χ3v) is 4.64. The molecule has 0 aliphatic carbocycles. The molecule has 2 N–H and O–H groups in total. The van der Waals surface area contributed by atoms with E-state index in [4.69, 9.17) is 4.74 Å². The molecule has 1 saturated heterocycles. The van der Waals surface area contributed by atoms with Gasteiger partial charge >= 0.3 is 0 Å².